The molecule has 0 amide bonds. The smallest absolute Gasteiger partial charge is 0.326 e. The van der Waals surface area contributed by atoms with E-state index in [1.165, 1.54) is 6.07 Å². The van der Waals surface area contributed by atoms with Crippen LogP contribution in [0.3, 0.4) is 0 Å². The molecule has 0 radical (unpaired) electrons. The lowest BCUT2D eigenvalue weighted by Crippen LogP contribution is -2.55. The van der Waals surface area contributed by atoms with Gasteiger partial charge >= 0.3 is 12.4 Å². The van der Waals surface area contributed by atoms with E-state index in [-0.39, 0.29) is 12.1 Å². The quantitative estimate of drug-likeness (QED) is 0.808. The van der Waals surface area contributed by atoms with E-state index in [4.69, 9.17) is 11.5 Å². The highest BCUT2D eigenvalue weighted by Crippen LogP contribution is 2.56. The summed E-state index contributed by atoms with van der Waals surface area (Å²) in [4.78, 5) is 0. The number of halogens is 6. The third kappa shape index (κ3) is 3.11. The lowest BCUT2D eigenvalue weighted by atomic mass is 9.71. The molecule has 0 atom stereocenters. The van der Waals surface area contributed by atoms with Crippen molar-refractivity contribution in [2.45, 2.75) is 30.9 Å². The Morgan fingerprint density at radius 2 is 1.20 bits per heavy atom. The van der Waals surface area contributed by atoms with Crippen molar-refractivity contribution >= 4 is 0 Å². The van der Waals surface area contributed by atoms with Gasteiger partial charge in [-0.25, -0.2) is 0 Å². The van der Waals surface area contributed by atoms with Crippen molar-refractivity contribution in [3.05, 3.63) is 70.8 Å². The van der Waals surface area contributed by atoms with Gasteiger partial charge in [0.2, 0.25) is 5.41 Å². The Hall–Kier alpha value is -2.06. The maximum absolute atomic E-state index is 14.0. The minimum absolute atomic E-state index is 0.00467. The largest absolute Gasteiger partial charge is 0.411 e. The fourth-order valence-corrected chi connectivity index (χ4v) is 2.90. The monoisotopic (exact) mass is 362 g/mol. The summed E-state index contributed by atoms with van der Waals surface area (Å²) < 4.78 is 83.7. The first-order valence-electron chi connectivity index (χ1n) is 7.31. The van der Waals surface area contributed by atoms with E-state index in [1.807, 2.05) is 0 Å². The van der Waals surface area contributed by atoms with Crippen LogP contribution in [0.25, 0.3) is 0 Å². The van der Waals surface area contributed by atoms with E-state index >= 15 is 0 Å². The standard InChI is InChI=1S/C17H16F6N2/c18-16(19,20)15(17(21,22)23,13-7-5-11(9-24)6-8-13)14-4-2-1-3-12(14)10-25/h1-8H,9-10,24-25H2. The van der Waals surface area contributed by atoms with E-state index in [9.17, 15) is 26.3 Å². The number of benzene rings is 2. The van der Waals surface area contributed by atoms with Crippen LogP contribution >= 0.6 is 0 Å². The summed E-state index contributed by atoms with van der Waals surface area (Å²) >= 11 is 0. The molecule has 4 N–H and O–H groups in total. The molecule has 0 saturated carbocycles. The van der Waals surface area contributed by atoms with E-state index in [1.54, 1.807) is 0 Å². The van der Waals surface area contributed by atoms with Crippen LogP contribution in [0, 0.1) is 0 Å². The molecule has 0 unspecified atom stereocenters. The van der Waals surface area contributed by atoms with Gasteiger partial charge in [0.15, 0.2) is 0 Å². The molecule has 136 valence electrons. The summed E-state index contributed by atoms with van der Waals surface area (Å²) in [5.74, 6) is 0. The molecule has 2 rings (SSSR count). The Kier molecular flexibility index (Phi) is 5.15. The Morgan fingerprint density at radius 3 is 1.64 bits per heavy atom. The van der Waals surface area contributed by atoms with Gasteiger partial charge in [-0.05, 0) is 22.3 Å². The SMILES string of the molecule is NCc1ccc(C(c2ccccc2CN)(C(F)(F)F)C(F)(F)F)cc1. The van der Waals surface area contributed by atoms with Gasteiger partial charge in [0.1, 0.15) is 0 Å². The molecule has 2 aromatic rings. The molecule has 0 aliphatic carbocycles. The number of hydrogen-bond acceptors (Lipinski definition) is 2. The van der Waals surface area contributed by atoms with E-state index in [0.717, 1.165) is 42.5 Å². The molecule has 0 saturated heterocycles. The Bertz CT molecular complexity index is 705. The highest BCUT2D eigenvalue weighted by atomic mass is 19.4. The summed E-state index contributed by atoms with van der Waals surface area (Å²) in [5.41, 5.74) is 4.96. The molecule has 0 aliphatic rings. The zero-order valence-corrected chi connectivity index (χ0v) is 13.0. The van der Waals surface area contributed by atoms with Crippen molar-refractivity contribution in [1.29, 1.82) is 0 Å². The van der Waals surface area contributed by atoms with Gasteiger partial charge in [-0.15, -0.1) is 0 Å². The van der Waals surface area contributed by atoms with Crippen LogP contribution in [0.5, 0.6) is 0 Å². The van der Waals surface area contributed by atoms with E-state index in [0.29, 0.717) is 5.56 Å². The number of nitrogens with two attached hydrogens (primary N) is 2. The van der Waals surface area contributed by atoms with Crippen molar-refractivity contribution < 1.29 is 26.3 Å². The van der Waals surface area contributed by atoms with Crippen LogP contribution in [0.4, 0.5) is 26.3 Å². The molecular formula is C17H16F6N2. The second-order valence-electron chi connectivity index (χ2n) is 5.51. The third-order valence-electron chi connectivity index (χ3n) is 4.11. The summed E-state index contributed by atoms with van der Waals surface area (Å²) in [5, 5.41) is 0. The highest BCUT2D eigenvalue weighted by Gasteiger charge is 2.72. The predicted octanol–water partition coefficient (Wildman–Crippen LogP) is 4.01. The fourth-order valence-electron chi connectivity index (χ4n) is 2.90. The molecule has 2 nitrogen and oxygen atoms in total. The zero-order chi connectivity index (χ0) is 18.9. The lowest BCUT2D eigenvalue weighted by Gasteiger charge is -2.39. The average molecular weight is 362 g/mol. The molecular weight excluding hydrogens is 346 g/mol. The van der Waals surface area contributed by atoms with Gasteiger partial charge in [0.05, 0.1) is 0 Å². The fraction of sp³-hybridized carbons (Fsp3) is 0.294. The van der Waals surface area contributed by atoms with Crippen LogP contribution in [0.1, 0.15) is 22.3 Å². The van der Waals surface area contributed by atoms with Crippen LogP contribution < -0.4 is 11.5 Å². The lowest BCUT2D eigenvalue weighted by molar-refractivity contribution is -0.288. The molecule has 0 aromatic heterocycles. The Morgan fingerprint density at radius 1 is 0.680 bits per heavy atom. The van der Waals surface area contributed by atoms with Crippen LogP contribution in [-0.2, 0) is 18.5 Å². The average Bonchev–Trinajstić information content (AvgIpc) is 2.54. The minimum Gasteiger partial charge on any atom is -0.326 e. The normalized spacial score (nSPS) is 13.1. The van der Waals surface area contributed by atoms with Gasteiger partial charge < -0.3 is 11.5 Å². The number of alkyl halides is 6. The number of hydrogen-bond donors (Lipinski definition) is 2. The van der Waals surface area contributed by atoms with Gasteiger partial charge in [-0.2, -0.15) is 26.3 Å². The van der Waals surface area contributed by atoms with Crippen molar-refractivity contribution in [3.63, 3.8) is 0 Å². The summed E-state index contributed by atoms with van der Waals surface area (Å²) in [6.07, 6.45) is -11.2. The Balaban J connectivity index is 2.91. The maximum Gasteiger partial charge on any atom is 0.411 e. The van der Waals surface area contributed by atoms with Crippen LogP contribution in [-0.4, -0.2) is 12.4 Å². The van der Waals surface area contributed by atoms with Gasteiger partial charge in [-0.1, -0.05) is 48.5 Å². The first-order valence-corrected chi connectivity index (χ1v) is 7.31. The maximum atomic E-state index is 14.0. The molecule has 0 aliphatic heterocycles. The highest BCUT2D eigenvalue weighted by molar-refractivity contribution is 5.48. The molecule has 0 spiro atoms. The topological polar surface area (TPSA) is 52.0 Å². The summed E-state index contributed by atoms with van der Waals surface area (Å²) in [6.45, 7) is -0.449. The van der Waals surface area contributed by atoms with Crippen molar-refractivity contribution in [2.75, 3.05) is 0 Å². The zero-order valence-electron chi connectivity index (χ0n) is 13.0. The molecule has 2 aromatic carbocycles. The third-order valence-corrected chi connectivity index (χ3v) is 4.11. The minimum atomic E-state index is -5.62. The first kappa shape index (κ1) is 19.3. The first-order chi connectivity index (χ1) is 11.6. The van der Waals surface area contributed by atoms with Crippen LogP contribution in [0.15, 0.2) is 48.5 Å². The summed E-state index contributed by atoms with van der Waals surface area (Å²) in [7, 11) is 0. The second-order valence-corrected chi connectivity index (χ2v) is 5.51. The molecule has 0 heterocycles. The molecule has 0 bridgehead atoms. The molecule has 25 heavy (non-hydrogen) atoms. The molecule has 8 heteroatoms. The van der Waals surface area contributed by atoms with E-state index < -0.39 is 35.4 Å². The van der Waals surface area contributed by atoms with Crippen molar-refractivity contribution in [1.82, 2.24) is 0 Å². The van der Waals surface area contributed by atoms with E-state index in [2.05, 4.69) is 0 Å². The Labute approximate surface area is 140 Å². The van der Waals surface area contributed by atoms with Gasteiger partial charge in [-0.3, -0.25) is 0 Å². The van der Waals surface area contributed by atoms with Gasteiger partial charge in [0.25, 0.3) is 0 Å². The second kappa shape index (κ2) is 6.68. The van der Waals surface area contributed by atoms with Crippen LogP contribution in [0.2, 0.25) is 0 Å². The number of rotatable bonds is 4. The summed E-state index contributed by atoms with van der Waals surface area (Å²) in [6, 6.07) is 8.41. The van der Waals surface area contributed by atoms with Crippen molar-refractivity contribution in [3.8, 4) is 0 Å². The predicted molar refractivity (Wildman–Crippen MR) is 81.6 cm³/mol. The van der Waals surface area contributed by atoms with Gasteiger partial charge in [0, 0.05) is 13.1 Å². The molecule has 0 fully saturated rings. The van der Waals surface area contributed by atoms with Crippen molar-refractivity contribution in [2.24, 2.45) is 11.5 Å².